The van der Waals surface area contributed by atoms with Gasteiger partial charge in [-0.25, -0.2) is 0 Å². The van der Waals surface area contributed by atoms with E-state index in [9.17, 15) is 0 Å². The zero-order valence-corrected chi connectivity index (χ0v) is 9.26. The second-order valence-electron chi connectivity index (χ2n) is 4.26. The molecule has 2 atom stereocenters. The van der Waals surface area contributed by atoms with Gasteiger partial charge in [-0.2, -0.15) is 0 Å². The predicted molar refractivity (Wildman–Crippen MR) is 61.4 cm³/mol. The van der Waals surface area contributed by atoms with E-state index in [0.717, 1.165) is 0 Å². The Morgan fingerprint density at radius 2 is 2.27 bits per heavy atom. The largest absolute Gasteiger partial charge is 0.329 e. The number of aromatic nitrogens is 1. The van der Waals surface area contributed by atoms with Gasteiger partial charge in [0.2, 0.25) is 0 Å². The molecule has 3 heteroatoms. The second kappa shape index (κ2) is 4.73. The van der Waals surface area contributed by atoms with Crippen LogP contribution in [0, 0.1) is 0 Å². The normalized spacial score (nSPS) is 24.3. The van der Waals surface area contributed by atoms with Gasteiger partial charge in [-0.1, -0.05) is 0 Å². The summed E-state index contributed by atoms with van der Waals surface area (Å²) in [5.74, 6) is 0. The average Bonchev–Trinajstić information content (AvgIpc) is 2.68. The Bertz CT molecular complexity index is 299. The summed E-state index contributed by atoms with van der Waals surface area (Å²) in [6.45, 7) is 4.15. The summed E-state index contributed by atoms with van der Waals surface area (Å²) in [6, 6.07) is 5.17. The van der Waals surface area contributed by atoms with E-state index in [0.29, 0.717) is 18.6 Å². The van der Waals surface area contributed by atoms with Gasteiger partial charge < -0.3 is 5.73 Å². The maximum atomic E-state index is 5.88. The summed E-state index contributed by atoms with van der Waals surface area (Å²) in [6.07, 6.45) is 6.28. The molecule has 2 heterocycles. The maximum Gasteiger partial charge on any atom is 0.0474 e. The highest BCUT2D eigenvalue weighted by molar-refractivity contribution is 5.16. The fraction of sp³-hybridized carbons (Fsp3) is 0.583. The average molecular weight is 205 g/mol. The minimum atomic E-state index is 0.366. The van der Waals surface area contributed by atoms with Crippen molar-refractivity contribution in [3.05, 3.63) is 30.1 Å². The topological polar surface area (TPSA) is 42.1 Å². The predicted octanol–water partition coefficient (Wildman–Crippen LogP) is 1.57. The molecule has 0 bridgehead atoms. The molecule has 2 rings (SSSR count). The van der Waals surface area contributed by atoms with Crippen LogP contribution in [0.2, 0.25) is 0 Å². The summed E-state index contributed by atoms with van der Waals surface area (Å²) < 4.78 is 0. The van der Waals surface area contributed by atoms with Crippen LogP contribution < -0.4 is 5.73 Å². The van der Waals surface area contributed by atoms with Gasteiger partial charge in [0.25, 0.3) is 0 Å². The van der Waals surface area contributed by atoms with Crippen molar-refractivity contribution < 1.29 is 0 Å². The van der Waals surface area contributed by atoms with Crippen molar-refractivity contribution in [2.75, 3.05) is 13.1 Å². The molecule has 1 saturated heterocycles. The van der Waals surface area contributed by atoms with Gasteiger partial charge in [0.05, 0.1) is 0 Å². The lowest BCUT2D eigenvalue weighted by Gasteiger charge is -2.30. The lowest BCUT2D eigenvalue weighted by Crippen LogP contribution is -2.35. The lowest BCUT2D eigenvalue weighted by atomic mass is 10.1. The first-order chi connectivity index (χ1) is 7.33. The van der Waals surface area contributed by atoms with Gasteiger partial charge in [0.15, 0.2) is 0 Å². The van der Waals surface area contributed by atoms with Crippen LogP contribution in [0.4, 0.5) is 0 Å². The van der Waals surface area contributed by atoms with Crippen molar-refractivity contribution >= 4 is 0 Å². The van der Waals surface area contributed by atoms with Crippen LogP contribution in [-0.2, 0) is 0 Å². The molecule has 82 valence electrons. The van der Waals surface area contributed by atoms with Crippen LogP contribution in [0.5, 0.6) is 0 Å². The van der Waals surface area contributed by atoms with Gasteiger partial charge >= 0.3 is 0 Å². The SMILES string of the molecule is CC1CCCN1C(CN)c1ccncc1. The maximum absolute atomic E-state index is 5.88. The molecule has 0 aliphatic carbocycles. The molecular weight excluding hydrogens is 186 g/mol. The van der Waals surface area contributed by atoms with Crippen LogP contribution >= 0.6 is 0 Å². The van der Waals surface area contributed by atoms with E-state index in [2.05, 4.69) is 28.9 Å². The molecule has 1 aliphatic heterocycles. The molecule has 2 unspecified atom stereocenters. The van der Waals surface area contributed by atoms with E-state index < -0.39 is 0 Å². The highest BCUT2D eigenvalue weighted by Gasteiger charge is 2.27. The van der Waals surface area contributed by atoms with E-state index >= 15 is 0 Å². The Morgan fingerprint density at radius 3 is 2.80 bits per heavy atom. The Balaban J connectivity index is 2.17. The number of hydrogen-bond acceptors (Lipinski definition) is 3. The van der Waals surface area contributed by atoms with Crippen LogP contribution in [0.25, 0.3) is 0 Å². The van der Waals surface area contributed by atoms with Crippen molar-refractivity contribution in [2.24, 2.45) is 5.73 Å². The molecule has 0 saturated carbocycles. The third kappa shape index (κ3) is 2.19. The van der Waals surface area contributed by atoms with Crippen molar-refractivity contribution in [3.63, 3.8) is 0 Å². The number of likely N-dealkylation sites (tertiary alicyclic amines) is 1. The lowest BCUT2D eigenvalue weighted by molar-refractivity contribution is 0.195. The minimum Gasteiger partial charge on any atom is -0.329 e. The van der Waals surface area contributed by atoms with Gasteiger partial charge in [0.1, 0.15) is 0 Å². The Morgan fingerprint density at radius 1 is 1.53 bits per heavy atom. The molecule has 0 amide bonds. The molecule has 0 aromatic carbocycles. The fourth-order valence-corrected chi connectivity index (χ4v) is 2.47. The van der Waals surface area contributed by atoms with Gasteiger partial charge in [-0.3, -0.25) is 9.88 Å². The first-order valence-electron chi connectivity index (χ1n) is 5.68. The minimum absolute atomic E-state index is 0.366. The van der Waals surface area contributed by atoms with Crippen LogP contribution in [0.1, 0.15) is 31.4 Å². The Kier molecular flexibility index (Phi) is 3.34. The summed E-state index contributed by atoms with van der Waals surface area (Å²) >= 11 is 0. The zero-order valence-electron chi connectivity index (χ0n) is 9.26. The summed E-state index contributed by atoms with van der Waals surface area (Å²) in [5, 5.41) is 0. The molecule has 2 N–H and O–H groups in total. The number of rotatable bonds is 3. The molecule has 15 heavy (non-hydrogen) atoms. The van der Waals surface area contributed by atoms with E-state index in [-0.39, 0.29) is 0 Å². The number of nitrogens with two attached hydrogens (primary N) is 1. The summed E-state index contributed by atoms with van der Waals surface area (Å²) in [7, 11) is 0. The zero-order chi connectivity index (χ0) is 10.7. The first kappa shape index (κ1) is 10.6. The quantitative estimate of drug-likeness (QED) is 0.814. The van der Waals surface area contributed by atoms with Crippen molar-refractivity contribution in [1.29, 1.82) is 0 Å². The summed E-state index contributed by atoms with van der Waals surface area (Å²) in [5.41, 5.74) is 7.18. The summed E-state index contributed by atoms with van der Waals surface area (Å²) in [4.78, 5) is 6.56. The third-order valence-corrected chi connectivity index (χ3v) is 3.32. The number of nitrogens with zero attached hydrogens (tertiary/aromatic N) is 2. The van der Waals surface area contributed by atoms with E-state index in [1.807, 2.05) is 12.4 Å². The Labute approximate surface area is 91.3 Å². The first-order valence-corrected chi connectivity index (χ1v) is 5.68. The van der Waals surface area contributed by atoms with Crippen molar-refractivity contribution in [1.82, 2.24) is 9.88 Å². The van der Waals surface area contributed by atoms with E-state index in [4.69, 9.17) is 5.73 Å². The van der Waals surface area contributed by atoms with Crippen LogP contribution in [0.15, 0.2) is 24.5 Å². The molecular formula is C12H19N3. The molecule has 1 aliphatic rings. The molecule has 3 nitrogen and oxygen atoms in total. The number of pyridine rings is 1. The molecule has 0 spiro atoms. The monoisotopic (exact) mass is 205 g/mol. The highest BCUT2D eigenvalue weighted by atomic mass is 15.2. The van der Waals surface area contributed by atoms with Crippen molar-refractivity contribution in [3.8, 4) is 0 Å². The van der Waals surface area contributed by atoms with Crippen LogP contribution in [0.3, 0.4) is 0 Å². The molecule has 1 fully saturated rings. The fourth-order valence-electron chi connectivity index (χ4n) is 2.47. The highest BCUT2D eigenvalue weighted by Crippen LogP contribution is 2.27. The molecule has 1 aromatic heterocycles. The third-order valence-electron chi connectivity index (χ3n) is 3.32. The van der Waals surface area contributed by atoms with Gasteiger partial charge in [-0.15, -0.1) is 0 Å². The van der Waals surface area contributed by atoms with Gasteiger partial charge in [0, 0.05) is 31.0 Å². The van der Waals surface area contributed by atoms with Crippen LogP contribution in [-0.4, -0.2) is 29.0 Å². The smallest absolute Gasteiger partial charge is 0.0474 e. The molecule has 0 radical (unpaired) electrons. The standard InChI is InChI=1S/C12H19N3/c1-10-3-2-8-15(10)12(9-13)11-4-6-14-7-5-11/h4-7,10,12H,2-3,8-9,13H2,1H3. The second-order valence-corrected chi connectivity index (χ2v) is 4.26. The van der Waals surface area contributed by atoms with Crippen molar-refractivity contribution in [2.45, 2.75) is 31.8 Å². The van der Waals surface area contributed by atoms with E-state index in [1.165, 1.54) is 24.9 Å². The molecule has 1 aromatic rings. The Hall–Kier alpha value is -0.930. The van der Waals surface area contributed by atoms with E-state index in [1.54, 1.807) is 0 Å². The number of hydrogen-bond donors (Lipinski definition) is 1. The van der Waals surface area contributed by atoms with Gasteiger partial charge in [-0.05, 0) is 44.0 Å².